The Morgan fingerprint density at radius 3 is 2.57 bits per heavy atom. The van der Waals surface area contributed by atoms with Gasteiger partial charge in [0.15, 0.2) is 5.78 Å². The molecule has 0 aliphatic heterocycles. The second kappa shape index (κ2) is 3.60. The highest BCUT2D eigenvalue weighted by Crippen LogP contribution is 2.21. The predicted octanol–water partition coefficient (Wildman–Crippen LogP) is 1.57. The van der Waals surface area contributed by atoms with E-state index in [4.69, 9.17) is 0 Å². The number of aliphatic hydroxyl groups is 1. The largest absolute Gasteiger partial charge is 0.380 e. The maximum absolute atomic E-state index is 11.2. The van der Waals surface area contributed by atoms with Gasteiger partial charge in [-0.3, -0.25) is 4.79 Å². The fourth-order valence-electron chi connectivity index (χ4n) is 1.47. The van der Waals surface area contributed by atoms with E-state index >= 15 is 0 Å². The first-order valence-corrected chi connectivity index (χ1v) is 4.44. The van der Waals surface area contributed by atoms with Gasteiger partial charge in [0.2, 0.25) is 0 Å². The number of rotatable bonds is 1. The molecule has 1 aromatic carbocycles. The Hall–Kier alpha value is -1.67. The third kappa shape index (κ3) is 1.52. The van der Waals surface area contributed by atoms with E-state index in [1.165, 1.54) is 6.08 Å². The van der Waals surface area contributed by atoms with Crippen LogP contribution in [-0.4, -0.2) is 17.0 Å². The van der Waals surface area contributed by atoms with Crippen molar-refractivity contribution < 1.29 is 9.90 Å². The molecule has 2 nitrogen and oxygen atoms in total. The van der Waals surface area contributed by atoms with Crippen LogP contribution in [0, 0.1) is 0 Å². The standard InChI is InChI=1S/C12H10O2/c13-11-8-4-7-10(12(11)14)9-5-2-1-3-6-9/h1-8,12,14H. The van der Waals surface area contributed by atoms with Crippen molar-refractivity contribution in [1.82, 2.24) is 0 Å². The minimum Gasteiger partial charge on any atom is -0.380 e. The van der Waals surface area contributed by atoms with Crippen molar-refractivity contribution in [3.05, 3.63) is 54.1 Å². The molecule has 0 radical (unpaired) electrons. The first-order valence-electron chi connectivity index (χ1n) is 4.44. The molecule has 0 amide bonds. The van der Waals surface area contributed by atoms with Gasteiger partial charge in [0.1, 0.15) is 6.10 Å². The van der Waals surface area contributed by atoms with Gasteiger partial charge >= 0.3 is 0 Å². The zero-order chi connectivity index (χ0) is 9.97. The van der Waals surface area contributed by atoms with Crippen LogP contribution in [0.4, 0.5) is 0 Å². The lowest BCUT2D eigenvalue weighted by Crippen LogP contribution is -2.21. The maximum Gasteiger partial charge on any atom is 0.188 e. The number of ketones is 1. The zero-order valence-corrected chi connectivity index (χ0v) is 7.55. The molecule has 1 unspecified atom stereocenters. The molecule has 1 N–H and O–H groups in total. The van der Waals surface area contributed by atoms with E-state index in [0.717, 1.165) is 5.56 Å². The summed E-state index contributed by atoms with van der Waals surface area (Å²) in [6.45, 7) is 0. The zero-order valence-electron chi connectivity index (χ0n) is 7.55. The predicted molar refractivity (Wildman–Crippen MR) is 54.6 cm³/mol. The molecular weight excluding hydrogens is 176 g/mol. The van der Waals surface area contributed by atoms with Gasteiger partial charge in [-0.2, -0.15) is 0 Å². The minimum atomic E-state index is -1.01. The summed E-state index contributed by atoms with van der Waals surface area (Å²) in [5.41, 5.74) is 1.55. The minimum absolute atomic E-state index is 0.258. The van der Waals surface area contributed by atoms with Gasteiger partial charge in [-0.05, 0) is 17.2 Å². The Kier molecular flexibility index (Phi) is 2.29. The number of hydrogen-bond donors (Lipinski definition) is 1. The summed E-state index contributed by atoms with van der Waals surface area (Å²) >= 11 is 0. The van der Waals surface area contributed by atoms with Crippen LogP contribution < -0.4 is 0 Å². The topological polar surface area (TPSA) is 37.3 Å². The van der Waals surface area contributed by atoms with Gasteiger partial charge in [0.05, 0.1) is 0 Å². The second-order valence-corrected chi connectivity index (χ2v) is 3.15. The van der Waals surface area contributed by atoms with Crippen LogP contribution in [0.2, 0.25) is 0 Å². The Balaban J connectivity index is 2.40. The molecule has 0 fully saturated rings. The highest BCUT2D eigenvalue weighted by Gasteiger charge is 2.20. The van der Waals surface area contributed by atoms with Crippen molar-refractivity contribution >= 4 is 11.4 Å². The molecule has 0 heterocycles. The second-order valence-electron chi connectivity index (χ2n) is 3.15. The molecule has 70 valence electrons. The molecule has 0 saturated heterocycles. The summed E-state index contributed by atoms with van der Waals surface area (Å²) in [4.78, 5) is 11.2. The van der Waals surface area contributed by atoms with Gasteiger partial charge in [0, 0.05) is 0 Å². The summed E-state index contributed by atoms with van der Waals surface area (Å²) in [5, 5.41) is 9.62. The molecule has 1 aromatic rings. The van der Waals surface area contributed by atoms with E-state index in [0.29, 0.717) is 5.57 Å². The Morgan fingerprint density at radius 2 is 1.86 bits per heavy atom. The Labute approximate surface area is 82.2 Å². The fourth-order valence-corrected chi connectivity index (χ4v) is 1.47. The SMILES string of the molecule is O=C1C=CC=C(c2ccccc2)C1O. The van der Waals surface area contributed by atoms with Crippen LogP contribution in [0.1, 0.15) is 5.56 Å². The first kappa shape index (κ1) is 8.91. The van der Waals surface area contributed by atoms with Crippen molar-refractivity contribution in [1.29, 1.82) is 0 Å². The number of allylic oxidation sites excluding steroid dienone is 2. The number of benzene rings is 1. The highest BCUT2D eigenvalue weighted by atomic mass is 16.3. The third-order valence-electron chi connectivity index (χ3n) is 2.21. The monoisotopic (exact) mass is 186 g/mol. The summed E-state index contributed by atoms with van der Waals surface area (Å²) in [6, 6.07) is 9.41. The van der Waals surface area contributed by atoms with Crippen LogP contribution in [-0.2, 0) is 4.79 Å². The van der Waals surface area contributed by atoms with Crippen molar-refractivity contribution in [3.8, 4) is 0 Å². The number of aliphatic hydroxyl groups excluding tert-OH is 1. The van der Waals surface area contributed by atoms with Crippen molar-refractivity contribution in [2.75, 3.05) is 0 Å². The molecule has 1 aliphatic rings. The quantitative estimate of drug-likeness (QED) is 0.722. The lowest BCUT2D eigenvalue weighted by atomic mass is 9.94. The van der Waals surface area contributed by atoms with Crippen molar-refractivity contribution in [3.63, 3.8) is 0 Å². The Bertz CT molecular complexity index is 402. The lowest BCUT2D eigenvalue weighted by molar-refractivity contribution is -0.119. The maximum atomic E-state index is 11.2. The fraction of sp³-hybridized carbons (Fsp3) is 0.0833. The van der Waals surface area contributed by atoms with Gasteiger partial charge in [-0.25, -0.2) is 0 Å². The van der Waals surface area contributed by atoms with Gasteiger partial charge in [-0.1, -0.05) is 42.5 Å². The van der Waals surface area contributed by atoms with E-state index in [2.05, 4.69) is 0 Å². The number of hydrogen-bond acceptors (Lipinski definition) is 2. The molecule has 14 heavy (non-hydrogen) atoms. The summed E-state index contributed by atoms with van der Waals surface area (Å²) in [7, 11) is 0. The number of carbonyl (C=O) groups is 1. The summed E-state index contributed by atoms with van der Waals surface area (Å²) < 4.78 is 0. The van der Waals surface area contributed by atoms with E-state index in [1.54, 1.807) is 12.2 Å². The van der Waals surface area contributed by atoms with Gasteiger partial charge < -0.3 is 5.11 Å². The third-order valence-corrected chi connectivity index (χ3v) is 2.21. The smallest absolute Gasteiger partial charge is 0.188 e. The van der Waals surface area contributed by atoms with Crippen LogP contribution in [0.5, 0.6) is 0 Å². The first-order chi connectivity index (χ1) is 6.79. The average molecular weight is 186 g/mol. The molecular formula is C12H10O2. The number of carbonyl (C=O) groups excluding carboxylic acids is 1. The van der Waals surface area contributed by atoms with Crippen LogP contribution in [0.25, 0.3) is 5.57 Å². The molecule has 0 aromatic heterocycles. The highest BCUT2D eigenvalue weighted by molar-refractivity contribution is 6.05. The molecule has 1 aliphatic carbocycles. The van der Waals surface area contributed by atoms with Crippen molar-refractivity contribution in [2.45, 2.75) is 6.10 Å². The normalized spacial score (nSPS) is 20.8. The van der Waals surface area contributed by atoms with Gasteiger partial charge in [-0.15, -0.1) is 0 Å². The van der Waals surface area contributed by atoms with Crippen LogP contribution >= 0.6 is 0 Å². The summed E-state index contributed by atoms with van der Waals surface area (Å²) in [6.07, 6.45) is 3.80. The van der Waals surface area contributed by atoms with E-state index < -0.39 is 6.10 Å². The molecule has 2 rings (SSSR count). The van der Waals surface area contributed by atoms with E-state index in [1.807, 2.05) is 30.3 Å². The average Bonchev–Trinajstić information content (AvgIpc) is 2.23. The Morgan fingerprint density at radius 1 is 1.14 bits per heavy atom. The van der Waals surface area contributed by atoms with Crippen LogP contribution in [0.15, 0.2) is 48.6 Å². The lowest BCUT2D eigenvalue weighted by Gasteiger charge is -2.14. The van der Waals surface area contributed by atoms with Crippen LogP contribution in [0.3, 0.4) is 0 Å². The van der Waals surface area contributed by atoms with E-state index in [-0.39, 0.29) is 5.78 Å². The van der Waals surface area contributed by atoms with Gasteiger partial charge in [0.25, 0.3) is 0 Å². The summed E-state index contributed by atoms with van der Waals surface area (Å²) in [5.74, 6) is -0.258. The molecule has 1 atom stereocenters. The molecule has 2 heteroatoms. The molecule has 0 spiro atoms. The van der Waals surface area contributed by atoms with Crippen molar-refractivity contribution in [2.24, 2.45) is 0 Å². The molecule has 0 bridgehead atoms. The van der Waals surface area contributed by atoms with E-state index in [9.17, 15) is 9.90 Å². The molecule has 0 saturated carbocycles.